The van der Waals surface area contributed by atoms with Crippen molar-refractivity contribution in [3.05, 3.63) is 48.0 Å². The number of benzene rings is 2. The molecule has 0 saturated carbocycles. The SMILES string of the molecule is CCCCC1(C)CN(c2ccccc2)c2cc(SC)c(C)cc2S(=O)(=O)C1. The van der Waals surface area contributed by atoms with E-state index in [4.69, 9.17) is 0 Å². The summed E-state index contributed by atoms with van der Waals surface area (Å²) in [6.07, 6.45) is 5.07. The number of aryl methyl sites for hydroxylation is 1. The van der Waals surface area contributed by atoms with Crippen LogP contribution in [0.4, 0.5) is 11.4 Å². The highest BCUT2D eigenvalue weighted by Gasteiger charge is 2.39. The zero-order valence-electron chi connectivity index (χ0n) is 16.7. The molecule has 3 rings (SSSR count). The van der Waals surface area contributed by atoms with Gasteiger partial charge in [-0.3, -0.25) is 0 Å². The van der Waals surface area contributed by atoms with Gasteiger partial charge in [0.25, 0.3) is 0 Å². The van der Waals surface area contributed by atoms with Crippen LogP contribution >= 0.6 is 11.8 Å². The topological polar surface area (TPSA) is 37.4 Å². The predicted octanol–water partition coefficient (Wildman–Crippen LogP) is 5.84. The van der Waals surface area contributed by atoms with Crippen LogP contribution in [-0.4, -0.2) is 27.0 Å². The molecule has 5 heteroatoms. The van der Waals surface area contributed by atoms with Crippen LogP contribution in [0.1, 0.15) is 38.7 Å². The number of unbranched alkanes of at least 4 members (excludes halogenated alkanes) is 1. The predicted molar refractivity (Wildman–Crippen MR) is 116 cm³/mol. The number of thioether (sulfide) groups is 1. The smallest absolute Gasteiger partial charge is 0.181 e. The van der Waals surface area contributed by atoms with Crippen molar-refractivity contribution >= 4 is 33.0 Å². The van der Waals surface area contributed by atoms with E-state index in [1.807, 2.05) is 37.4 Å². The summed E-state index contributed by atoms with van der Waals surface area (Å²) in [7, 11) is -3.36. The second-order valence-electron chi connectivity index (χ2n) is 7.88. The average Bonchev–Trinajstić information content (AvgIpc) is 2.73. The van der Waals surface area contributed by atoms with Gasteiger partial charge in [-0.2, -0.15) is 0 Å². The molecule has 1 unspecified atom stereocenters. The normalized spacial score (nSPS) is 21.6. The first kappa shape index (κ1) is 20.3. The summed E-state index contributed by atoms with van der Waals surface area (Å²) in [6.45, 7) is 6.99. The van der Waals surface area contributed by atoms with Crippen LogP contribution in [0.2, 0.25) is 0 Å². The first-order valence-electron chi connectivity index (χ1n) is 9.54. The van der Waals surface area contributed by atoms with Gasteiger partial charge in [-0.15, -0.1) is 11.8 Å². The van der Waals surface area contributed by atoms with Crippen LogP contribution < -0.4 is 4.90 Å². The minimum absolute atomic E-state index is 0.203. The lowest BCUT2D eigenvalue weighted by molar-refractivity contribution is 0.338. The Kier molecular flexibility index (Phi) is 5.92. The maximum absolute atomic E-state index is 13.4. The van der Waals surface area contributed by atoms with E-state index in [-0.39, 0.29) is 11.2 Å². The maximum Gasteiger partial charge on any atom is 0.181 e. The van der Waals surface area contributed by atoms with Crippen molar-refractivity contribution in [3.63, 3.8) is 0 Å². The number of hydrogen-bond acceptors (Lipinski definition) is 4. The fourth-order valence-electron chi connectivity index (χ4n) is 3.97. The fraction of sp³-hybridized carbons (Fsp3) is 0.455. The molecule has 2 aromatic rings. The fourth-order valence-corrected chi connectivity index (χ4v) is 6.74. The van der Waals surface area contributed by atoms with Crippen LogP contribution in [0.15, 0.2) is 52.3 Å². The third-order valence-corrected chi connectivity index (χ3v) is 8.34. The molecule has 0 saturated heterocycles. The Labute approximate surface area is 168 Å². The summed E-state index contributed by atoms with van der Waals surface area (Å²) < 4.78 is 26.7. The molecule has 0 radical (unpaired) electrons. The van der Waals surface area contributed by atoms with Crippen molar-refractivity contribution in [2.45, 2.75) is 49.8 Å². The van der Waals surface area contributed by atoms with E-state index in [1.54, 1.807) is 11.8 Å². The van der Waals surface area contributed by atoms with Gasteiger partial charge >= 0.3 is 0 Å². The van der Waals surface area contributed by atoms with E-state index >= 15 is 0 Å². The molecule has 0 spiro atoms. The number of anilines is 2. The van der Waals surface area contributed by atoms with E-state index in [0.717, 1.165) is 41.1 Å². The Morgan fingerprint density at radius 1 is 1.19 bits per heavy atom. The van der Waals surface area contributed by atoms with E-state index in [9.17, 15) is 8.42 Å². The van der Waals surface area contributed by atoms with Crippen molar-refractivity contribution < 1.29 is 8.42 Å². The summed E-state index contributed by atoms with van der Waals surface area (Å²) in [5.41, 5.74) is 2.61. The van der Waals surface area contributed by atoms with Crippen LogP contribution in [0.25, 0.3) is 0 Å². The number of fused-ring (bicyclic) bond motifs is 1. The standard InChI is InChI=1S/C22H29NO2S2/c1-5-6-12-22(3)15-23(18-10-8-7-9-11-18)19-14-20(26-4)17(2)13-21(19)27(24,25)16-22/h7-11,13-14H,5-6,12,15-16H2,1-4H3. The second kappa shape index (κ2) is 7.88. The van der Waals surface area contributed by atoms with Crippen LogP contribution in [0, 0.1) is 12.3 Å². The molecule has 0 aromatic heterocycles. The monoisotopic (exact) mass is 403 g/mol. The minimum atomic E-state index is -3.36. The molecule has 0 N–H and O–H groups in total. The van der Waals surface area contributed by atoms with Gasteiger partial charge in [0.15, 0.2) is 9.84 Å². The van der Waals surface area contributed by atoms with Crippen molar-refractivity contribution in [2.24, 2.45) is 5.41 Å². The van der Waals surface area contributed by atoms with Gasteiger partial charge < -0.3 is 4.90 Å². The molecule has 2 aromatic carbocycles. The Bertz CT molecular complexity index is 909. The highest BCUT2D eigenvalue weighted by molar-refractivity contribution is 7.98. The third kappa shape index (κ3) is 4.19. The summed E-state index contributed by atoms with van der Waals surface area (Å²) in [6, 6.07) is 14.1. The quantitative estimate of drug-likeness (QED) is 0.588. The Morgan fingerprint density at radius 3 is 2.52 bits per heavy atom. The summed E-state index contributed by atoms with van der Waals surface area (Å²) >= 11 is 1.66. The first-order valence-corrected chi connectivity index (χ1v) is 12.4. The van der Waals surface area contributed by atoms with Crippen molar-refractivity contribution in [1.82, 2.24) is 0 Å². The first-order chi connectivity index (χ1) is 12.8. The Hall–Kier alpha value is -1.46. The van der Waals surface area contributed by atoms with Crippen molar-refractivity contribution in [2.75, 3.05) is 23.5 Å². The lowest BCUT2D eigenvalue weighted by Crippen LogP contribution is -2.35. The molecule has 146 valence electrons. The molecule has 0 amide bonds. The van der Waals surface area contributed by atoms with Gasteiger partial charge in [0.2, 0.25) is 0 Å². The third-order valence-electron chi connectivity index (χ3n) is 5.38. The molecule has 1 heterocycles. The molecule has 1 aliphatic rings. The molecule has 1 aliphatic heterocycles. The van der Waals surface area contributed by atoms with E-state index in [0.29, 0.717) is 11.4 Å². The number of sulfone groups is 1. The lowest BCUT2D eigenvalue weighted by atomic mass is 9.86. The Balaban J connectivity index is 2.23. The zero-order valence-corrected chi connectivity index (χ0v) is 18.3. The van der Waals surface area contributed by atoms with E-state index in [2.05, 4.69) is 36.9 Å². The highest BCUT2D eigenvalue weighted by atomic mass is 32.2. The van der Waals surface area contributed by atoms with E-state index in [1.165, 1.54) is 0 Å². The van der Waals surface area contributed by atoms with Gasteiger partial charge in [-0.25, -0.2) is 8.42 Å². The summed E-state index contributed by atoms with van der Waals surface area (Å²) in [5.74, 6) is 0.203. The molecule has 1 atom stereocenters. The molecule has 3 nitrogen and oxygen atoms in total. The number of hydrogen-bond donors (Lipinski definition) is 0. The Morgan fingerprint density at radius 2 is 1.89 bits per heavy atom. The molecule has 0 bridgehead atoms. The van der Waals surface area contributed by atoms with Crippen molar-refractivity contribution in [1.29, 1.82) is 0 Å². The van der Waals surface area contributed by atoms with Crippen LogP contribution in [0.5, 0.6) is 0 Å². The number of nitrogens with zero attached hydrogens (tertiary/aromatic N) is 1. The van der Waals surface area contributed by atoms with Gasteiger partial charge in [-0.05, 0) is 54.8 Å². The summed E-state index contributed by atoms with van der Waals surface area (Å²) in [5, 5.41) is 0. The van der Waals surface area contributed by atoms with Gasteiger partial charge in [0.05, 0.1) is 16.3 Å². The second-order valence-corrected chi connectivity index (χ2v) is 10.7. The van der Waals surface area contributed by atoms with Gasteiger partial charge in [0.1, 0.15) is 0 Å². The van der Waals surface area contributed by atoms with Crippen LogP contribution in [0.3, 0.4) is 0 Å². The zero-order chi connectivity index (χ0) is 19.7. The summed E-state index contributed by atoms with van der Waals surface area (Å²) in [4.78, 5) is 3.82. The molecule has 0 fully saturated rings. The lowest BCUT2D eigenvalue weighted by Gasteiger charge is -2.34. The molecular weight excluding hydrogens is 374 g/mol. The van der Waals surface area contributed by atoms with Crippen molar-refractivity contribution in [3.8, 4) is 0 Å². The highest BCUT2D eigenvalue weighted by Crippen LogP contribution is 2.44. The molecular formula is C22H29NO2S2. The maximum atomic E-state index is 13.4. The molecule has 0 aliphatic carbocycles. The molecule has 27 heavy (non-hydrogen) atoms. The largest absolute Gasteiger partial charge is 0.340 e. The van der Waals surface area contributed by atoms with E-state index < -0.39 is 9.84 Å². The van der Waals surface area contributed by atoms with Crippen LogP contribution in [-0.2, 0) is 9.84 Å². The van der Waals surface area contributed by atoms with Gasteiger partial charge in [-0.1, -0.05) is 44.9 Å². The average molecular weight is 404 g/mol. The number of rotatable bonds is 5. The van der Waals surface area contributed by atoms with Gasteiger partial charge in [0, 0.05) is 17.1 Å². The number of para-hydroxylation sites is 1. The minimum Gasteiger partial charge on any atom is -0.340 e.